The second kappa shape index (κ2) is 8.37. The van der Waals surface area contributed by atoms with Crippen LogP contribution in [0, 0.1) is 0 Å². The van der Waals surface area contributed by atoms with Gasteiger partial charge in [-0.3, -0.25) is 0 Å². The summed E-state index contributed by atoms with van der Waals surface area (Å²) in [5, 5.41) is 3.00. The van der Waals surface area contributed by atoms with Crippen LogP contribution in [0.2, 0.25) is 0 Å². The van der Waals surface area contributed by atoms with Gasteiger partial charge in [-0.05, 0) is 18.1 Å². The average Bonchev–Trinajstić information content (AvgIpc) is 2.96. The van der Waals surface area contributed by atoms with E-state index in [-0.39, 0.29) is 0 Å². The second-order valence-electron chi connectivity index (χ2n) is 4.38. The van der Waals surface area contributed by atoms with Gasteiger partial charge in [0.1, 0.15) is 5.01 Å². The van der Waals surface area contributed by atoms with Gasteiger partial charge >= 0.3 is 0 Å². The lowest BCUT2D eigenvalue weighted by Gasteiger charge is -2.05. The monoisotopic (exact) mass is 311 g/mol. The van der Waals surface area contributed by atoms with E-state index in [1.54, 1.807) is 18.4 Å². The van der Waals surface area contributed by atoms with Crippen LogP contribution < -0.4 is 0 Å². The van der Waals surface area contributed by atoms with Gasteiger partial charge in [0.15, 0.2) is 0 Å². The van der Waals surface area contributed by atoms with Crippen LogP contribution in [0.3, 0.4) is 0 Å². The van der Waals surface area contributed by atoms with Gasteiger partial charge in [-0.1, -0.05) is 18.2 Å². The molecule has 1 aromatic carbocycles. The highest BCUT2D eigenvalue weighted by Gasteiger charge is 2.05. The predicted molar refractivity (Wildman–Crippen MR) is 83.3 cm³/mol. The molecule has 0 bridgehead atoms. The first kappa shape index (κ1) is 15.4. The maximum atomic E-state index is 5.78. The highest BCUT2D eigenvalue weighted by Crippen LogP contribution is 2.25. The van der Waals surface area contributed by atoms with Crippen molar-refractivity contribution in [2.24, 2.45) is 0 Å². The molecular formula is C15H18ClNO2S. The summed E-state index contributed by atoms with van der Waals surface area (Å²) in [4.78, 5) is 4.49. The fourth-order valence-electron chi connectivity index (χ4n) is 1.79. The number of hydrogen-bond acceptors (Lipinski definition) is 4. The van der Waals surface area contributed by atoms with Crippen molar-refractivity contribution in [2.45, 2.75) is 18.9 Å². The molecular weight excluding hydrogens is 294 g/mol. The fourth-order valence-corrected chi connectivity index (χ4v) is 2.84. The van der Waals surface area contributed by atoms with Gasteiger partial charge in [0.2, 0.25) is 0 Å². The Balaban J connectivity index is 1.93. The van der Waals surface area contributed by atoms with Crippen molar-refractivity contribution in [3.05, 3.63) is 40.9 Å². The van der Waals surface area contributed by atoms with E-state index in [1.165, 1.54) is 0 Å². The zero-order valence-electron chi connectivity index (χ0n) is 11.5. The molecule has 2 aromatic rings. The summed E-state index contributed by atoms with van der Waals surface area (Å²) < 4.78 is 10.6. The Labute approximate surface area is 128 Å². The van der Waals surface area contributed by atoms with E-state index in [0.717, 1.165) is 34.9 Å². The van der Waals surface area contributed by atoms with Crippen molar-refractivity contribution >= 4 is 22.9 Å². The molecule has 0 amide bonds. The van der Waals surface area contributed by atoms with E-state index < -0.39 is 0 Å². The van der Waals surface area contributed by atoms with Gasteiger partial charge in [0.25, 0.3) is 0 Å². The largest absolute Gasteiger partial charge is 0.385 e. The zero-order chi connectivity index (χ0) is 14.2. The highest BCUT2D eigenvalue weighted by molar-refractivity contribution is 7.13. The molecule has 0 atom stereocenters. The normalized spacial score (nSPS) is 10.9. The van der Waals surface area contributed by atoms with Crippen molar-refractivity contribution < 1.29 is 9.47 Å². The van der Waals surface area contributed by atoms with Crippen LogP contribution in [0.15, 0.2) is 29.6 Å². The van der Waals surface area contributed by atoms with Gasteiger partial charge in [0, 0.05) is 31.3 Å². The molecule has 0 unspecified atom stereocenters. The molecule has 0 fully saturated rings. The molecule has 0 spiro atoms. The zero-order valence-corrected chi connectivity index (χ0v) is 13.0. The number of benzene rings is 1. The Morgan fingerprint density at radius 1 is 1.30 bits per heavy atom. The highest BCUT2D eigenvalue weighted by atomic mass is 35.5. The number of halogens is 1. The van der Waals surface area contributed by atoms with Crippen molar-refractivity contribution in [3.8, 4) is 10.6 Å². The Bertz CT molecular complexity index is 530. The molecule has 0 radical (unpaired) electrons. The third-order valence-electron chi connectivity index (χ3n) is 2.77. The number of aromatic nitrogens is 1. The lowest BCUT2D eigenvalue weighted by Crippen LogP contribution is -1.99. The summed E-state index contributed by atoms with van der Waals surface area (Å²) in [6.07, 6.45) is 0.918. The molecule has 0 aliphatic heterocycles. The van der Waals surface area contributed by atoms with Gasteiger partial charge in [-0.25, -0.2) is 4.98 Å². The standard InChI is InChI=1S/C15H18ClNO2S/c1-18-6-3-7-19-10-12-4-2-5-13(8-12)15-17-14(9-16)11-20-15/h2,4-5,8,11H,3,6-7,9-10H2,1H3. The van der Waals surface area contributed by atoms with Crippen LogP contribution in [0.5, 0.6) is 0 Å². The van der Waals surface area contributed by atoms with E-state index in [9.17, 15) is 0 Å². The minimum atomic E-state index is 0.457. The molecule has 5 heteroatoms. The van der Waals surface area contributed by atoms with Gasteiger partial charge in [-0.2, -0.15) is 0 Å². The van der Waals surface area contributed by atoms with E-state index in [2.05, 4.69) is 23.2 Å². The maximum Gasteiger partial charge on any atom is 0.123 e. The minimum absolute atomic E-state index is 0.457. The molecule has 0 saturated carbocycles. The number of methoxy groups -OCH3 is 1. The summed E-state index contributed by atoms with van der Waals surface area (Å²) in [5.74, 6) is 0.457. The van der Waals surface area contributed by atoms with Crippen LogP contribution in [0.25, 0.3) is 10.6 Å². The van der Waals surface area contributed by atoms with Crippen LogP contribution in [0.4, 0.5) is 0 Å². The average molecular weight is 312 g/mol. The fraction of sp³-hybridized carbons (Fsp3) is 0.400. The number of thiazole rings is 1. The third kappa shape index (κ3) is 4.56. The van der Waals surface area contributed by atoms with Crippen molar-refractivity contribution in [3.63, 3.8) is 0 Å². The first-order valence-electron chi connectivity index (χ1n) is 6.50. The SMILES string of the molecule is COCCCOCc1cccc(-c2nc(CCl)cs2)c1. The van der Waals surface area contributed by atoms with Crippen molar-refractivity contribution in [2.75, 3.05) is 20.3 Å². The third-order valence-corrected chi connectivity index (χ3v) is 3.98. The number of alkyl halides is 1. The van der Waals surface area contributed by atoms with Crippen molar-refractivity contribution in [1.29, 1.82) is 0 Å². The lowest BCUT2D eigenvalue weighted by molar-refractivity contribution is 0.0929. The molecule has 1 aromatic heterocycles. The summed E-state index contributed by atoms with van der Waals surface area (Å²) in [7, 11) is 1.70. The molecule has 0 aliphatic rings. The topological polar surface area (TPSA) is 31.4 Å². The lowest BCUT2D eigenvalue weighted by atomic mass is 10.1. The molecule has 108 valence electrons. The maximum absolute atomic E-state index is 5.78. The second-order valence-corrected chi connectivity index (χ2v) is 5.50. The Morgan fingerprint density at radius 2 is 2.20 bits per heavy atom. The molecule has 3 nitrogen and oxygen atoms in total. The Morgan fingerprint density at radius 3 is 2.95 bits per heavy atom. The Kier molecular flexibility index (Phi) is 6.47. The van der Waals surface area contributed by atoms with Crippen LogP contribution in [-0.4, -0.2) is 25.3 Å². The summed E-state index contributed by atoms with van der Waals surface area (Å²) >= 11 is 7.40. The number of hydrogen-bond donors (Lipinski definition) is 0. The van der Waals surface area contributed by atoms with E-state index >= 15 is 0 Å². The summed E-state index contributed by atoms with van der Waals surface area (Å²) in [6, 6.07) is 8.28. The summed E-state index contributed by atoms with van der Waals surface area (Å²) in [6.45, 7) is 2.07. The predicted octanol–water partition coefficient (Wildman–Crippen LogP) is 4.10. The minimum Gasteiger partial charge on any atom is -0.385 e. The molecule has 0 aliphatic carbocycles. The van der Waals surface area contributed by atoms with Crippen LogP contribution in [-0.2, 0) is 22.0 Å². The first-order chi connectivity index (χ1) is 9.83. The van der Waals surface area contributed by atoms with Gasteiger partial charge in [-0.15, -0.1) is 22.9 Å². The smallest absolute Gasteiger partial charge is 0.123 e. The summed E-state index contributed by atoms with van der Waals surface area (Å²) in [5.41, 5.74) is 3.19. The molecule has 1 heterocycles. The van der Waals surface area contributed by atoms with Crippen LogP contribution >= 0.6 is 22.9 Å². The molecule has 2 rings (SSSR count). The van der Waals surface area contributed by atoms with E-state index in [4.69, 9.17) is 21.1 Å². The van der Waals surface area contributed by atoms with Gasteiger partial charge < -0.3 is 9.47 Å². The van der Waals surface area contributed by atoms with E-state index in [1.807, 2.05) is 11.4 Å². The Hall–Kier alpha value is -0.940. The van der Waals surface area contributed by atoms with Gasteiger partial charge in [0.05, 0.1) is 18.2 Å². The molecule has 0 saturated heterocycles. The first-order valence-corrected chi connectivity index (χ1v) is 7.91. The molecule has 0 N–H and O–H groups in total. The van der Waals surface area contributed by atoms with Crippen molar-refractivity contribution in [1.82, 2.24) is 4.98 Å². The number of rotatable bonds is 8. The molecule has 20 heavy (non-hydrogen) atoms. The van der Waals surface area contributed by atoms with E-state index in [0.29, 0.717) is 19.1 Å². The number of ether oxygens (including phenoxy) is 2. The number of nitrogens with zero attached hydrogens (tertiary/aromatic N) is 1. The van der Waals surface area contributed by atoms with Crippen LogP contribution in [0.1, 0.15) is 17.7 Å². The quantitative estimate of drug-likeness (QED) is 0.543.